The first-order chi connectivity index (χ1) is 17.9. The van der Waals surface area contributed by atoms with Gasteiger partial charge in [0.25, 0.3) is 0 Å². The van der Waals surface area contributed by atoms with Gasteiger partial charge in [0.1, 0.15) is 11.2 Å². The minimum absolute atomic E-state index is 0.890. The zero-order valence-electron chi connectivity index (χ0n) is 19.6. The number of hydrogen-bond donors (Lipinski definition) is 0. The van der Waals surface area contributed by atoms with Gasteiger partial charge < -0.3 is 9.32 Å². The quantitative estimate of drug-likeness (QED) is 0.259. The zero-order valence-corrected chi connectivity index (χ0v) is 19.6. The lowest BCUT2D eigenvalue weighted by molar-refractivity contribution is 0.672. The lowest BCUT2D eigenvalue weighted by atomic mass is 10.0. The molecule has 36 heavy (non-hydrogen) atoms. The Balaban J connectivity index is 1.46. The van der Waals surface area contributed by atoms with Crippen molar-refractivity contribution in [3.8, 4) is 11.1 Å². The second-order valence-corrected chi connectivity index (χ2v) is 9.00. The first-order valence-electron chi connectivity index (χ1n) is 12.2. The van der Waals surface area contributed by atoms with Crippen LogP contribution in [0.15, 0.2) is 144 Å². The van der Waals surface area contributed by atoms with Crippen LogP contribution in [0.5, 0.6) is 0 Å². The van der Waals surface area contributed by atoms with Gasteiger partial charge >= 0.3 is 0 Å². The Bertz CT molecular complexity index is 1820. The molecule has 7 aromatic rings. The van der Waals surface area contributed by atoms with Gasteiger partial charge in [-0.05, 0) is 59.0 Å². The number of rotatable bonds is 4. The molecule has 0 fully saturated rings. The van der Waals surface area contributed by atoms with E-state index in [0.29, 0.717) is 0 Å². The molecule has 0 saturated carbocycles. The van der Waals surface area contributed by atoms with Gasteiger partial charge in [-0.1, -0.05) is 97.1 Å². The summed E-state index contributed by atoms with van der Waals surface area (Å²) in [7, 11) is 0. The van der Waals surface area contributed by atoms with Crippen molar-refractivity contribution in [2.24, 2.45) is 0 Å². The Morgan fingerprint density at radius 1 is 0.444 bits per heavy atom. The van der Waals surface area contributed by atoms with Crippen LogP contribution in [-0.4, -0.2) is 0 Å². The number of hydrogen-bond acceptors (Lipinski definition) is 2. The lowest BCUT2D eigenvalue weighted by Crippen LogP contribution is -2.10. The molecular formula is C34H23NO. The highest BCUT2D eigenvalue weighted by Gasteiger charge is 2.20. The van der Waals surface area contributed by atoms with Crippen molar-refractivity contribution in [3.63, 3.8) is 0 Å². The normalized spacial score (nSPS) is 11.3. The van der Waals surface area contributed by atoms with E-state index in [4.69, 9.17) is 4.42 Å². The van der Waals surface area contributed by atoms with E-state index in [-0.39, 0.29) is 0 Å². The standard InChI is InChI=1S/C34H23NO/c1-3-10-24(11-4-1)25-18-21-28(22-19-25)35(27-13-5-2-6-14-27)31-16-9-17-32-33(31)30-23-20-26-12-7-8-15-29(26)34(30)36-32/h1-23H. The van der Waals surface area contributed by atoms with E-state index >= 15 is 0 Å². The van der Waals surface area contributed by atoms with Crippen molar-refractivity contribution in [3.05, 3.63) is 140 Å². The maximum atomic E-state index is 6.48. The van der Waals surface area contributed by atoms with Crippen molar-refractivity contribution < 1.29 is 4.42 Å². The Hall–Kier alpha value is -4.82. The Morgan fingerprint density at radius 2 is 1.11 bits per heavy atom. The highest BCUT2D eigenvalue weighted by Crippen LogP contribution is 2.44. The molecule has 7 rings (SSSR count). The molecule has 0 amide bonds. The van der Waals surface area contributed by atoms with Crippen molar-refractivity contribution >= 4 is 49.8 Å². The average Bonchev–Trinajstić information content (AvgIpc) is 3.35. The third kappa shape index (κ3) is 3.35. The fourth-order valence-corrected chi connectivity index (χ4v) is 5.16. The fraction of sp³-hybridized carbons (Fsp3) is 0. The van der Waals surface area contributed by atoms with Gasteiger partial charge in [-0.2, -0.15) is 0 Å². The SMILES string of the molecule is c1ccc(-c2ccc(N(c3ccccc3)c3cccc4oc5c6ccccc6ccc5c34)cc2)cc1. The second-order valence-electron chi connectivity index (χ2n) is 9.00. The van der Waals surface area contributed by atoms with E-state index in [2.05, 4.69) is 138 Å². The average molecular weight is 462 g/mol. The van der Waals surface area contributed by atoms with Crippen molar-refractivity contribution in [1.82, 2.24) is 0 Å². The van der Waals surface area contributed by atoms with Gasteiger partial charge in [0.15, 0.2) is 0 Å². The number of benzene rings is 6. The minimum Gasteiger partial charge on any atom is -0.455 e. The summed E-state index contributed by atoms with van der Waals surface area (Å²) in [6.45, 7) is 0. The highest BCUT2D eigenvalue weighted by molar-refractivity contribution is 6.19. The van der Waals surface area contributed by atoms with E-state index in [1.807, 2.05) is 6.07 Å². The topological polar surface area (TPSA) is 16.4 Å². The van der Waals surface area contributed by atoms with Crippen molar-refractivity contribution in [1.29, 1.82) is 0 Å². The van der Waals surface area contributed by atoms with Gasteiger partial charge in [-0.3, -0.25) is 0 Å². The van der Waals surface area contributed by atoms with Gasteiger partial charge in [0.2, 0.25) is 0 Å². The number of fused-ring (bicyclic) bond motifs is 5. The zero-order chi connectivity index (χ0) is 23.9. The first kappa shape index (κ1) is 20.5. The lowest BCUT2D eigenvalue weighted by Gasteiger charge is -2.26. The summed E-state index contributed by atoms with van der Waals surface area (Å²) < 4.78 is 6.48. The van der Waals surface area contributed by atoms with Gasteiger partial charge in [0.05, 0.1) is 11.1 Å². The minimum atomic E-state index is 0.890. The molecule has 0 spiro atoms. The molecule has 0 aliphatic rings. The molecular weight excluding hydrogens is 438 g/mol. The van der Waals surface area contributed by atoms with Gasteiger partial charge in [0, 0.05) is 22.1 Å². The van der Waals surface area contributed by atoms with Crippen LogP contribution < -0.4 is 4.90 Å². The van der Waals surface area contributed by atoms with Crippen LogP contribution in [0.3, 0.4) is 0 Å². The third-order valence-corrected chi connectivity index (χ3v) is 6.85. The molecule has 0 N–H and O–H groups in total. The van der Waals surface area contributed by atoms with Gasteiger partial charge in [-0.15, -0.1) is 0 Å². The van der Waals surface area contributed by atoms with Gasteiger partial charge in [-0.25, -0.2) is 0 Å². The molecule has 0 saturated heterocycles. The van der Waals surface area contributed by atoms with Crippen LogP contribution in [0.2, 0.25) is 0 Å². The smallest absolute Gasteiger partial charge is 0.143 e. The van der Waals surface area contributed by atoms with E-state index in [0.717, 1.165) is 44.4 Å². The Morgan fingerprint density at radius 3 is 1.92 bits per heavy atom. The number of para-hydroxylation sites is 1. The molecule has 0 atom stereocenters. The van der Waals surface area contributed by atoms with E-state index in [9.17, 15) is 0 Å². The van der Waals surface area contributed by atoms with Crippen LogP contribution >= 0.6 is 0 Å². The maximum Gasteiger partial charge on any atom is 0.143 e. The molecule has 2 heteroatoms. The molecule has 2 nitrogen and oxygen atoms in total. The molecule has 0 aliphatic heterocycles. The summed E-state index contributed by atoms with van der Waals surface area (Å²) >= 11 is 0. The number of furan rings is 1. The third-order valence-electron chi connectivity index (χ3n) is 6.85. The second kappa shape index (κ2) is 8.44. The molecule has 0 radical (unpaired) electrons. The van der Waals surface area contributed by atoms with Crippen LogP contribution in [0, 0.1) is 0 Å². The largest absolute Gasteiger partial charge is 0.455 e. The number of anilines is 3. The fourth-order valence-electron chi connectivity index (χ4n) is 5.16. The predicted molar refractivity (Wildman–Crippen MR) is 151 cm³/mol. The summed E-state index contributed by atoms with van der Waals surface area (Å²) in [5.74, 6) is 0. The Labute approximate surface area is 209 Å². The first-order valence-corrected chi connectivity index (χ1v) is 12.2. The highest BCUT2D eigenvalue weighted by atomic mass is 16.3. The van der Waals surface area contributed by atoms with E-state index in [1.54, 1.807) is 0 Å². The predicted octanol–water partition coefficient (Wildman–Crippen LogP) is 9.88. The van der Waals surface area contributed by atoms with E-state index in [1.165, 1.54) is 16.5 Å². The summed E-state index contributed by atoms with van der Waals surface area (Å²) in [6.07, 6.45) is 0. The molecule has 0 aliphatic carbocycles. The molecule has 1 aromatic heterocycles. The van der Waals surface area contributed by atoms with Crippen molar-refractivity contribution in [2.45, 2.75) is 0 Å². The summed E-state index contributed by atoms with van der Waals surface area (Å²) in [4.78, 5) is 2.32. The van der Waals surface area contributed by atoms with Crippen LogP contribution in [0.25, 0.3) is 43.8 Å². The van der Waals surface area contributed by atoms with Crippen LogP contribution in [0.1, 0.15) is 0 Å². The number of nitrogens with zero attached hydrogens (tertiary/aromatic N) is 1. The molecule has 0 bridgehead atoms. The summed E-state index contributed by atoms with van der Waals surface area (Å²) in [6, 6.07) is 48.9. The summed E-state index contributed by atoms with van der Waals surface area (Å²) in [5.41, 5.74) is 7.54. The molecule has 0 unspecified atom stereocenters. The van der Waals surface area contributed by atoms with Crippen LogP contribution in [-0.2, 0) is 0 Å². The molecule has 6 aromatic carbocycles. The van der Waals surface area contributed by atoms with Crippen molar-refractivity contribution in [2.75, 3.05) is 4.90 Å². The summed E-state index contributed by atoms with van der Waals surface area (Å²) in [5, 5.41) is 4.56. The molecule has 170 valence electrons. The maximum absolute atomic E-state index is 6.48. The molecule has 1 heterocycles. The Kier molecular flexibility index (Phi) is 4.82. The van der Waals surface area contributed by atoms with E-state index < -0.39 is 0 Å². The van der Waals surface area contributed by atoms with Crippen LogP contribution in [0.4, 0.5) is 17.1 Å². The monoisotopic (exact) mass is 461 g/mol.